The molecule has 0 unspecified atom stereocenters. The summed E-state index contributed by atoms with van der Waals surface area (Å²) < 4.78 is 10.5. The van der Waals surface area contributed by atoms with E-state index in [0.717, 1.165) is 25.4 Å². The molecule has 1 aliphatic rings. The summed E-state index contributed by atoms with van der Waals surface area (Å²) in [6.45, 7) is 1.67. The van der Waals surface area contributed by atoms with Crippen LogP contribution < -0.4 is 4.74 Å². The first kappa shape index (κ1) is 7.62. The molecular formula is C10H12O2. The van der Waals surface area contributed by atoms with E-state index in [4.69, 9.17) is 9.47 Å². The Bertz CT molecular complexity index is 229. The van der Waals surface area contributed by atoms with Gasteiger partial charge in [-0.3, -0.25) is 0 Å². The number of hydrogen-bond acceptors (Lipinski definition) is 2. The van der Waals surface area contributed by atoms with E-state index in [0.29, 0.717) is 6.10 Å². The van der Waals surface area contributed by atoms with Crippen LogP contribution in [0.15, 0.2) is 30.3 Å². The zero-order chi connectivity index (χ0) is 8.23. The van der Waals surface area contributed by atoms with E-state index in [1.165, 1.54) is 0 Å². The van der Waals surface area contributed by atoms with Crippen LogP contribution in [-0.2, 0) is 4.74 Å². The van der Waals surface area contributed by atoms with Crippen LogP contribution in [-0.4, -0.2) is 19.3 Å². The number of benzene rings is 1. The van der Waals surface area contributed by atoms with Gasteiger partial charge in [0.25, 0.3) is 0 Å². The van der Waals surface area contributed by atoms with Crippen LogP contribution in [0.5, 0.6) is 5.75 Å². The zero-order valence-corrected chi connectivity index (χ0v) is 6.90. The number of ether oxygens (including phenoxy) is 2. The highest BCUT2D eigenvalue weighted by Gasteiger charge is 2.21. The first-order chi connectivity index (χ1) is 5.95. The molecule has 0 aliphatic carbocycles. The molecule has 1 fully saturated rings. The van der Waals surface area contributed by atoms with Gasteiger partial charge in [-0.25, -0.2) is 0 Å². The van der Waals surface area contributed by atoms with Crippen LogP contribution in [0.4, 0.5) is 0 Å². The second-order valence-electron chi connectivity index (χ2n) is 2.91. The summed E-state index contributed by atoms with van der Waals surface area (Å²) in [6, 6.07) is 9.87. The van der Waals surface area contributed by atoms with Gasteiger partial charge in [-0.1, -0.05) is 18.2 Å². The van der Waals surface area contributed by atoms with Crippen LogP contribution in [0.1, 0.15) is 6.42 Å². The van der Waals surface area contributed by atoms with Crippen molar-refractivity contribution in [1.29, 1.82) is 0 Å². The van der Waals surface area contributed by atoms with E-state index < -0.39 is 0 Å². The highest BCUT2D eigenvalue weighted by Crippen LogP contribution is 2.14. The third kappa shape index (κ3) is 2.24. The van der Waals surface area contributed by atoms with Crippen molar-refractivity contribution in [3.63, 3.8) is 0 Å². The first-order valence-corrected chi connectivity index (χ1v) is 4.24. The van der Waals surface area contributed by atoms with Gasteiger partial charge in [0.05, 0.1) is 19.3 Å². The van der Waals surface area contributed by atoms with Crippen molar-refractivity contribution in [3.05, 3.63) is 30.3 Å². The summed E-state index contributed by atoms with van der Waals surface area (Å²) in [5.74, 6) is 0.943. The van der Waals surface area contributed by atoms with E-state index in [1.54, 1.807) is 0 Å². The molecule has 12 heavy (non-hydrogen) atoms. The molecule has 0 amide bonds. The van der Waals surface area contributed by atoms with Crippen molar-refractivity contribution in [3.8, 4) is 5.75 Å². The third-order valence-electron chi connectivity index (χ3n) is 1.85. The van der Waals surface area contributed by atoms with Crippen molar-refractivity contribution in [2.45, 2.75) is 12.5 Å². The molecule has 0 N–H and O–H groups in total. The Balaban J connectivity index is 1.72. The van der Waals surface area contributed by atoms with Crippen LogP contribution in [0.25, 0.3) is 0 Å². The highest BCUT2D eigenvalue weighted by molar-refractivity contribution is 5.20. The average Bonchev–Trinajstić information content (AvgIpc) is 2.90. The summed E-state index contributed by atoms with van der Waals surface area (Å²) in [6.07, 6.45) is 1.48. The second-order valence-corrected chi connectivity index (χ2v) is 2.91. The minimum atomic E-state index is 0.466. The molecule has 1 aliphatic heterocycles. The maximum Gasteiger partial charge on any atom is 0.119 e. The second kappa shape index (κ2) is 3.59. The fourth-order valence-corrected chi connectivity index (χ4v) is 1.06. The molecule has 2 nitrogen and oxygen atoms in total. The molecule has 0 spiro atoms. The molecule has 1 aromatic carbocycles. The van der Waals surface area contributed by atoms with E-state index >= 15 is 0 Å². The fraction of sp³-hybridized carbons (Fsp3) is 0.400. The average molecular weight is 164 g/mol. The van der Waals surface area contributed by atoms with Crippen LogP contribution in [0.2, 0.25) is 0 Å². The predicted octanol–water partition coefficient (Wildman–Crippen LogP) is 1.85. The van der Waals surface area contributed by atoms with Gasteiger partial charge >= 0.3 is 0 Å². The molecule has 2 rings (SSSR count). The van der Waals surface area contributed by atoms with Gasteiger partial charge in [0.1, 0.15) is 5.75 Å². The third-order valence-corrected chi connectivity index (χ3v) is 1.85. The first-order valence-electron chi connectivity index (χ1n) is 4.24. The van der Waals surface area contributed by atoms with Crippen LogP contribution in [0, 0.1) is 0 Å². The van der Waals surface area contributed by atoms with Gasteiger partial charge < -0.3 is 9.47 Å². The maximum absolute atomic E-state index is 5.48. The largest absolute Gasteiger partial charge is 0.493 e. The van der Waals surface area contributed by atoms with Crippen LogP contribution in [0.3, 0.4) is 0 Å². The number of para-hydroxylation sites is 1. The molecule has 0 bridgehead atoms. The van der Waals surface area contributed by atoms with Gasteiger partial charge in [0, 0.05) is 6.42 Å². The van der Waals surface area contributed by atoms with Gasteiger partial charge in [-0.2, -0.15) is 0 Å². The Morgan fingerprint density at radius 1 is 1.33 bits per heavy atom. The van der Waals surface area contributed by atoms with Crippen molar-refractivity contribution in [2.75, 3.05) is 13.2 Å². The van der Waals surface area contributed by atoms with Crippen molar-refractivity contribution in [2.24, 2.45) is 0 Å². The smallest absolute Gasteiger partial charge is 0.119 e. The van der Waals surface area contributed by atoms with Crippen molar-refractivity contribution in [1.82, 2.24) is 0 Å². The molecule has 0 saturated carbocycles. The minimum Gasteiger partial charge on any atom is -0.493 e. The minimum absolute atomic E-state index is 0.466. The van der Waals surface area contributed by atoms with Gasteiger partial charge in [0.15, 0.2) is 0 Å². The molecule has 0 aromatic heterocycles. The molecular weight excluding hydrogens is 152 g/mol. The Morgan fingerprint density at radius 2 is 2.08 bits per heavy atom. The van der Waals surface area contributed by atoms with Gasteiger partial charge in [0.2, 0.25) is 0 Å². The zero-order valence-electron chi connectivity index (χ0n) is 6.90. The maximum atomic E-state index is 5.48. The summed E-state index contributed by atoms with van der Waals surface area (Å²) in [4.78, 5) is 0. The van der Waals surface area contributed by atoms with E-state index in [1.807, 2.05) is 30.3 Å². The van der Waals surface area contributed by atoms with E-state index in [2.05, 4.69) is 0 Å². The predicted molar refractivity (Wildman–Crippen MR) is 46.3 cm³/mol. The summed E-state index contributed by atoms with van der Waals surface area (Å²) in [5, 5.41) is 0. The Kier molecular flexibility index (Phi) is 2.28. The normalized spacial score (nSPS) is 20.5. The molecule has 0 radical (unpaired) electrons. The lowest BCUT2D eigenvalue weighted by Crippen LogP contribution is -2.00. The quantitative estimate of drug-likeness (QED) is 0.633. The lowest BCUT2D eigenvalue weighted by Gasteiger charge is -2.03. The monoisotopic (exact) mass is 164 g/mol. The van der Waals surface area contributed by atoms with Crippen molar-refractivity contribution < 1.29 is 9.47 Å². The lowest BCUT2D eigenvalue weighted by molar-refractivity contribution is 0.283. The molecule has 1 heterocycles. The molecule has 1 aromatic rings. The highest BCUT2D eigenvalue weighted by atomic mass is 16.6. The Morgan fingerprint density at radius 3 is 2.75 bits per heavy atom. The Hall–Kier alpha value is -1.02. The summed E-state index contributed by atoms with van der Waals surface area (Å²) >= 11 is 0. The van der Waals surface area contributed by atoms with E-state index in [9.17, 15) is 0 Å². The topological polar surface area (TPSA) is 21.8 Å². The molecule has 1 atom stereocenters. The number of epoxide rings is 1. The van der Waals surface area contributed by atoms with E-state index in [-0.39, 0.29) is 0 Å². The lowest BCUT2D eigenvalue weighted by atomic mass is 10.3. The number of hydrogen-bond donors (Lipinski definition) is 0. The number of rotatable bonds is 4. The fourth-order valence-electron chi connectivity index (χ4n) is 1.06. The SMILES string of the molecule is c1ccc(OCC[C@@H]2CO2)cc1. The van der Waals surface area contributed by atoms with Crippen LogP contribution >= 0.6 is 0 Å². The summed E-state index contributed by atoms with van der Waals surface area (Å²) in [7, 11) is 0. The molecule has 64 valence electrons. The van der Waals surface area contributed by atoms with Crippen molar-refractivity contribution >= 4 is 0 Å². The van der Waals surface area contributed by atoms with Gasteiger partial charge in [-0.05, 0) is 12.1 Å². The molecule has 1 saturated heterocycles. The standard InChI is InChI=1S/C10H12O2/c1-2-4-9(5-3-1)11-7-6-10-8-12-10/h1-5,10H,6-8H2/t10-/m1/s1. The molecule has 2 heteroatoms. The summed E-state index contributed by atoms with van der Waals surface area (Å²) in [5.41, 5.74) is 0. The Labute approximate surface area is 72.1 Å². The van der Waals surface area contributed by atoms with Gasteiger partial charge in [-0.15, -0.1) is 0 Å².